The van der Waals surface area contributed by atoms with E-state index in [-0.39, 0.29) is 36.6 Å². The standard InChI is InChI=1S/C24H30N4O3/c1-3-17(2)24(31)28-16-20-9-5-4-8-19(20)13-21(28)23(30)26-12-10-22(29)27-15-18-7-6-11-25-14-18/h4-9,11,14,17,21H,3,10,12-13,15-16H2,1-2H3,(H,26,30)(H,27,29). The molecular weight excluding hydrogens is 392 g/mol. The van der Waals surface area contributed by atoms with Crippen LogP contribution in [0.25, 0.3) is 0 Å². The lowest BCUT2D eigenvalue weighted by molar-refractivity contribution is -0.144. The Balaban J connectivity index is 1.56. The monoisotopic (exact) mass is 422 g/mol. The highest BCUT2D eigenvalue weighted by Gasteiger charge is 2.35. The number of amides is 3. The maximum Gasteiger partial charge on any atom is 0.243 e. The van der Waals surface area contributed by atoms with E-state index in [1.165, 1.54) is 0 Å². The van der Waals surface area contributed by atoms with E-state index >= 15 is 0 Å². The van der Waals surface area contributed by atoms with Crippen molar-refractivity contribution in [3.8, 4) is 0 Å². The number of nitrogens with one attached hydrogen (secondary N) is 2. The Bertz CT molecular complexity index is 916. The number of carbonyl (C=O) groups is 3. The van der Waals surface area contributed by atoms with E-state index in [1.807, 2.05) is 50.2 Å². The van der Waals surface area contributed by atoms with Crippen LogP contribution in [0.4, 0.5) is 0 Å². The fourth-order valence-electron chi connectivity index (χ4n) is 3.66. The van der Waals surface area contributed by atoms with Crippen molar-refractivity contribution >= 4 is 17.7 Å². The number of carbonyl (C=O) groups excluding carboxylic acids is 3. The lowest BCUT2D eigenvalue weighted by atomic mass is 9.92. The van der Waals surface area contributed by atoms with Crippen molar-refractivity contribution in [2.24, 2.45) is 5.92 Å². The molecule has 3 rings (SSSR count). The number of hydrogen-bond donors (Lipinski definition) is 2. The Morgan fingerprint density at radius 1 is 1.13 bits per heavy atom. The molecule has 0 saturated carbocycles. The van der Waals surface area contributed by atoms with Crippen LogP contribution < -0.4 is 10.6 Å². The molecule has 0 aliphatic carbocycles. The molecule has 1 aromatic carbocycles. The summed E-state index contributed by atoms with van der Waals surface area (Å²) in [7, 11) is 0. The first-order valence-corrected chi connectivity index (χ1v) is 10.8. The summed E-state index contributed by atoms with van der Waals surface area (Å²) in [6.45, 7) is 4.92. The smallest absolute Gasteiger partial charge is 0.243 e. The van der Waals surface area contributed by atoms with Crippen LogP contribution in [-0.4, -0.2) is 40.2 Å². The summed E-state index contributed by atoms with van der Waals surface area (Å²) in [5.41, 5.74) is 3.09. The predicted molar refractivity (Wildman–Crippen MR) is 118 cm³/mol. The fourth-order valence-corrected chi connectivity index (χ4v) is 3.66. The molecule has 3 amide bonds. The number of fused-ring (bicyclic) bond motifs is 1. The minimum atomic E-state index is -0.560. The predicted octanol–water partition coefficient (Wildman–Crippen LogP) is 2.20. The Hall–Kier alpha value is -3.22. The normalized spacial score (nSPS) is 16.2. The van der Waals surface area contributed by atoms with Crippen LogP contribution >= 0.6 is 0 Å². The topological polar surface area (TPSA) is 91.4 Å². The van der Waals surface area contributed by atoms with E-state index in [9.17, 15) is 14.4 Å². The Kier molecular flexibility index (Phi) is 7.76. The van der Waals surface area contributed by atoms with Crippen molar-refractivity contribution in [2.75, 3.05) is 6.54 Å². The zero-order valence-electron chi connectivity index (χ0n) is 18.1. The third-order valence-electron chi connectivity index (χ3n) is 5.73. The van der Waals surface area contributed by atoms with Crippen LogP contribution in [0.15, 0.2) is 48.8 Å². The second kappa shape index (κ2) is 10.7. The van der Waals surface area contributed by atoms with E-state index in [0.29, 0.717) is 19.5 Å². The summed E-state index contributed by atoms with van der Waals surface area (Å²) in [5, 5.41) is 5.67. The summed E-state index contributed by atoms with van der Waals surface area (Å²) < 4.78 is 0. The molecule has 2 N–H and O–H groups in total. The lowest BCUT2D eigenvalue weighted by Gasteiger charge is -2.37. The quantitative estimate of drug-likeness (QED) is 0.682. The van der Waals surface area contributed by atoms with Crippen molar-refractivity contribution in [2.45, 2.75) is 52.2 Å². The highest BCUT2D eigenvalue weighted by Crippen LogP contribution is 2.25. The van der Waals surface area contributed by atoms with Crippen LogP contribution in [0, 0.1) is 5.92 Å². The number of hydrogen-bond acceptors (Lipinski definition) is 4. The summed E-state index contributed by atoms with van der Waals surface area (Å²) in [4.78, 5) is 43.7. The van der Waals surface area contributed by atoms with E-state index in [2.05, 4.69) is 15.6 Å². The SMILES string of the molecule is CCC(C)C(=O)N1Cc2ccccc2CC1C(=O)NCCC(=O)NCc1cccnc1. The third kappa shape index (κ3) is 5.90. The van der Waals surface area contributed by atoms with Gasteiger partial charge >= 0.3 is 0 Å². The minimum absolute atomic E-state index is 0.00799. The van der Waals surface area contributed by atoms with Gasteiger partial charge in [-0.3, -0.25) is 19.4 Å². The maximum absolute atomic E-state index is 12.9. The molecule has 1 aliphatic rings. The Labute approximate surface area is 183 Å². The number of nitrogens with zero attached hydrogens (tertiary/aromatic N) is 2. The molecule has 0 bridgehead atoms. The lowest BCUT2D eigenvalue weighted by Crippen LogP contribution is -2.54. The van der Waals surface area contributed by atoms with E-state index in [0.717, 1.165) is 23.1 Å². The van der Waals surface area contributed by atoms with Crippen molar-refractivity contribution in [1.82, 2.24) is 20.5 Å². The third-order valence-corrected chi connectivity index (χ3v) is 5.73. The summed E-state index contributed by atoms with van der Waals surface area (Å²) in [6.07, 6.45) is 4.76. The molecule has 1 aromatic heterocycles. The van der Waals surface area contributed by atoms with Crippen molar-refractivity contribution < 1.29 is 14.4 Å². The first kappa shape index (κ1) is 22.5. The fraction of sp³-hybridized carbons (Fsp3) is 0.417. The van der Waals surface area contributed by atoms with Gasteiger partial charge in [0.2, 0.25) is 17.7 Å². The molecule has 2 unspecified atom stereocenters. The molecule has 7 nitrogen and oxygen atoms in total. The van der Waals surface area contributed by atoms with Crippen LogP contribution in [0.5, 0.6) is 0 Å². The summed E-state index contributed by atoms with van der Waals surface area (Å²) in [5.74, 6) is -0.512. The van der Waals surface area contributed by atoms with Crippen LogP contribution in [0.3, 0.4) is 0 Å². The molecule has 1 aliphatic heterocycles. The molecule has 0 fully saturated rings. The van der Waals surface area contributed by atoms with Crippen molar-refractivity contribution in [3.63, 3.8) is 0 Å². The first-order valence-electron chi connectivity index (χ1n) is 10.8. The van der Waals surface area contributed by atoms with Gasteiger partial charge in [0.25, 0.3) is 0 Å². The van der Waals surface area contributed by atoms with E-state index < -0.39 is 6.04 Å². The molecular formula is C24H30N4O3. The van der Waals surface area contributed by atoms with Gasteiger partial charge in [-0.05, 0) is 29.2 Å². The molecule has 2 aromatic rings. The molecule has 2 atom stereocenters. The van der Waals surface area contributed by atoms with Gasteiger partial charge in [-0.15, -0.1) is 0 Å². The number of pyridine rings is 1. The highest BCUT2D eigenvalue weighted by molar-refractivity contribution is 5.89. The van der Waals surface area contributed by atoms with Gasteiger partial charge in [0.15, 0.2) is 0 Å². The zero-order chi connectivity index (χ0) is 22.2. The average molecular weight is 423 g/mol. The number of benzene rings is 1. The number of rotatable bonds is 8. The molecule has 0 radical (unpaired) electrons. The van der Waals surface area contributed by atoms with Gasteiger partial charge in [-0.1, -0.05) is 44.2 Å². The van der Waals surface area contributed by atoms with Gasteiger partial charge in [0.1, 0.15) is 6.04 Å². The molecule has 164 valence electrons. The first-order chi connectivity index (χ1) is 15.0. The molecule has 2 heterocycles. The van der Waals surface area contributed by atoms with Crippen LogP contribution in [0.1, 0.15) is 43.4 Å². The zero-order valence-corrected chi connectivity index (χ0v) is 18.1. The van der Waals surface area contributed by atoms with Gasteiger partial charge < -0.3 is 15.5 Å². The van der Waals surface area contributed by atoms with Crippen molar-refractivity contribution in [1.29, 1.82) is 0 Å². The molecule has 31 heavy (non-hydrogen) atoms. The van der Waals surface area contributed by atoms with E-state index in [4.69, 9.17) is 0 Å². The second-order valence-corrected chi connectivity index (χ2v) is 7.94. The molecule has 7 heteroatoms. The summed E-state index contributed by atoms with van der Waals surface area (Å²) in [6, 6.07) is 11.1. The minimum Gasteiger partial charge on any atom is -0.354 e. The average Bonchev–Trinajstić information content (AvgIpc) is 2.81. The van der Waals surface area contributed by atoms with Gasteiger partial charge in [0, 0.05) is 50.8 Å². The van der Waals surface area contributed by atoms with E-state index in [1.54, 1.807) is 17.3 Å². The Morgan fingerprint density at radius 3 is 2.61 bits per heavy atom. The van der Waals surface area contributed by atoms with Crippen molar-refractivity contribution in [3.05, 3.63) is 65.5 Å². The highest BCUT2D eigenvalue weighted by atomic mass is 16.2. The molecule has 0 spiro atoms. The molecule has 0 saturated heterocycles. The largest absolute Gasteiger partial charge is 0.354 e. The van der Waals surface area contributed by atoms with Gasteiger partial charge in [-0.2, -0.15) is 0 Å². The second-order valence-electron chi connectivity index (χ2n) is 7.94. The summed E-state index contributed by atoms with van der Waals surface area (Å²) >= 11 is 0. The van der Waals surface area contributed by atoms with Gasteiger partial charge in [0.05, 0.1) is 0 Å². The van der Waals surface area contributed by atoms with Crippen LogP contribution in [-0.2, 0) is 33.9 Å². The Morgan fingerprint density at radius 2 is 1.90 bits per heavy atom. The van der Waals surface area contributed by atoms with Crippen LogP contribution in [0.2, 0.25) is 0 Å². The van der Waals surface area contributed by atoms with Gasteiger partial charge in [-0.25, -0.2) is 0 Å². The number of aromatic nitrogens is 1. The maximum atomic E-state index is 12.9.